The number of carbonyl (C=O) groups excluding carboxylic acids is 1. The molecule has 0 saturated carbocycles. The van der Waals surface area contributed by atoms with Crippen LogP contribution in [0.2, 0.25) is 0 Å². The van der Waals surface area contributed by atoms with Gasteiger partial charge in [-0.2, -0.15) is 0 Å². The zero-order valence-corrected chi connectivity index (χ0v) is 11.0. The standard InChI is InChI=1S/C14H12N2O5/c1-21-12-7-15-5-4-9(12)13(18)16-11-3-2-8(17)6-10(11)14(19)20/h2-7,17H,1H3,(H,16,18)(H,19,20). The lowest BCUT2D eigenvalue weighted by Gasteiger charge is -2.10. The Morgan fingerprint density at radius 3 is 2.67 bits per heavy atom. The maximum Gasteiger partial charge on any atom is 0.337 e. The molecule has 0 bridgehead atoms. The fourth-order valence-corrected chi connectivity index (χ4v) is 1.74. The van der Waals surface area contributed by atoms with Gasteiger partial charge in [0.1, 0.15) is 11.5 Å². The second kappa shape index (κ2) is 5.91. The lowest BCUT2D eigenvalue weighted by Crippen LogP contribution is -2.15. The summed E-state index contributed by atoms with van der Waals surface area (Å²) in [5, 5.41) is 20.9. The van der Waals surface area contributed by atoms with E-state index in [1.165, 1.54) is 37.7 Å². The largest absolute Gasteiger partial charge is 0.508 e. The summed E-state index contributed by atoms with van der Waals surface area (Å²) >= 11 is 0. The van der Waals surface area contributed by atoms with Gasteiger partial charge in [-0.05, 0) is 24.3 Å². The van der Waals surface area contributed by atoms with E-state index in [2.05, 4.69) is 10.3 Å². The first-order valence-electron chi connectivity index (χ1n) is 5.88. The number of pyridine rings is 1. The van der Waals surface area contributed by atoms with Crippen LogP contribution in [0.1, 0.15) is 20.7 Å². The molecule has 7 heteroatoms. The summed E-state index contributed by atoms with van der Waals surface area (Å²) < 4.78 is 5.02. The number of carboxylic acid groups (broad SMARTS) is 1. The van der Waals surface area contributed by atoms with Crippen LogP contribution in [0.3, 0.4) is 0 Å². The van der Waals surface area contributed by atoms with Gasteiger partial charge in [0.05, 0.1) is 30.1 Å². The summed E-state index contributed by atoms with van der Waals surface area (Å²) in [6, 6.07) is 5.10. The number of amides is 1. The summed E-state index contributed by atoms with van der Waals surface area (Å²) in [5.74, 6) is -1.73. The van der Waals surface area contributed by atoms with Gasteiger partial charge in [0, 0.05) is 6.20 Å². The van der Waals surface area contributed by atoms with E-state index in [0.29, 0.717) is 0 Å². The maximum absolute atomic E-state index is 12.2. The molecule has 21 heavy (non-hydrogen) atoms. The van der Waals surface area contributed by atoms with Crippen molar-refractivity contribution in [3.63, 3.8) is 0 Å². The van der Waals surface area contributed by atoms with Crippen LogP contribution in [0.15, 0.2) is 36.7 Å². The summed E-state index contributed by atoms with van der Waals surface area (Å²) in [7, 11) is 1.40. The van der Waals surface area contributed by atoms with Crippen LogP contribution in [-0.2, 0) is 0 Å². The SMILES string of the molecule is COc1cnccc1C(=O)Nc1ccc(O)cc1C(=O)O. The lowest BCUT2D eigenvalue weighted by molar-refractivity contribution is 0.0697. The van der Waals surface area contributed by atoms with Crippen molar-refractivity contribution in [2.24, 2.45) is 0 Å². The number of hydrogen-bond acceptors (Lipinski definition) is 5. The molecule has 2 rings (SSSR count). The first-order valence-corrected chi connectivity index (χ1v) is 5.88. The number of phenolic OH excluding ortho intramolecular Hbond substituents is 1. The number of anilines is 1. The van der Waals surface area contributed by atoms with E-state index in [1.54, 1.807) is 0 Å². The van der Waals surface area contributed by atoms with Crippen LogP contribution in [-0.4, -0.2) is 34.2 Å². The van der Waals surface area contributed by atoms with Gasteiger partial charge in [-0.25, -0.2) is 4.79 Å². The number of rotatable bonds is 4. The van der Waals surface area contributed by atoms with Crippen LogP contribution in [0.5, 0.6) is 11.5 Å². The molecular formula is C14H12N2O5. The Bertz CT molecular complexity index is 700. The molecule has 0 spiro atoms. The van der Waals surface area contributed by atoms with Gasteiger partial charge >= 0.3 is 5.97 Å². The number of benzene rings is 1. The van der Waals surface area contributed by atoms with E-state index in [4.69, 9.17) is 9.84 Å². The Morgan fingerprint density at radius 1 is 1.24 bits per heavy atom. The van der Waals surface area contributed by atoms with E-state index in [1.807, 2.05) is 0 Å². The van der Waals surface area contributed by atoms with Crippen molar-refractivity contribution < 1.29 is 24.5 Å². The van der Waals surface area contributed by atoms with Crippen LogP contribution in [0, 0.1) is 0 Å². The van der Waals surface area contributed by atoms with Crippen molar-refractivity contribution in [1.29, 1.82) is 0 Å². The first kappa shape index (κ1) is 14.3. The fraction of sp³-hybridized carbons (Fsp3) is 0.0714. The number of carbonyl (C=O) groups is 2. The highest BCUT2D eigenvalue weighted by molar-refractivity contribution is 6.09. The van der Waals surface area contributed by atoms with Gasteiger partial charge in [-0.1, -0.05) is 0 Å². The number of hydrogen-bond donors (Lipinski definition) is 3. The number of carboxylic acids is 1. The number of phenols is 1. The second-order valence-corrected chi connectivity index (χ2v) is 4.07. The quantitative estimate of drug-likeness (QED) is 0.739. The average molecular weight is 288 g/mol. The lowest BCUT2D eigenvalue weighted by atomic mass is 10.1. The molecule has 1 aromatic heterocycles. The maximum atomic E-state index is 12.2. The number of aromatic carboxylic acids is 1. The van der Waals surface area contributed by atoms with Crippen molar-refractivity contribution in [3.05, 3.63) is 47.8 Å². The molecule has 1 aromatic carbocycles. The molecule has 0 fully saturated rings. The smallest absolute Gasteiger partial charge is 0.337 e. The van der Waals surface area contributed by atoms with Gasteiger partial charge in [-0.3, -0.25) is 9.78 Å². The number of aromatic hydroxyl groups is 1. The van der Waals surface area contributed by atoms with Gasteiger partial charge in [0.2, 0.25) is 0 Å². The molecule has 7 nitrogen and oxygen atoms in total. The van der Waals surface area contributed by atoms with Gasteiger partial charge in [0.15, 0.2) is 0 Å². The summed E-state index contributed by atoms with van der Waals surface area (Å²) in [6.45, 7) is 0. The highest BCUT2D eigenvalue weighted by atomic mass is 16.5. The van der Waals surface area contributed by atoms with Crippen molar-refractivity contribution >= 4 is 17.6 Å². The van der Waals surface area contributed by atoms with Crippen LogP contribution < -0.4 is 10.1 Å². The molecule has 1 amide bonds. The van der Waals surface area contributed by atoms with E-state index in [-0.39, 0.29) is 28.3 Å². The van der Waals surface area contributed by atoms with Crippen molar-refractivity contribution in [1.82, 2.24) is 4.98 Å². The Hall–Kier alpha value is -3.09. The molecule has 0 aliphatic heterocycles. The molecule has 1 heterocycles. The molecule has 0 radical (unpaired) electrons. The fourth-order valence-electron chi connectivity index (χ4n) is 1.74. The van der Waals surface area contributed by atoms with Gasteiger partial charge in [0.25, 0.3) is 5.91 Å². The van der Waals surface area contributed by atoms with E-state index >= 15 is 0 Å². The van der Waals surface area contributed by atoms with Crippen molar-refractivity contribution in [2.45, 2.75) is 0 Å². The number of methoxy groups -OCH3 is 1. The monoisotopic (exact) mass is 288 g/mol. The molecule has 0 aliphatic rings. The molecular weight excluding hydrogens is 276 g/mol. The van der Waals surface area contributed by atoms with Crippen molar-refractivity contribution in [3.8, 4) is 11.5 Å². The molecule has 0 aliphatic carbocycles. The summed E-state index contributed by atoms with van der Waals surface area (Å²) in [4.78, 5) is 27.1. The number of aromatic nitrogens is 1. The molecule has 2 aromatic rings. The third-order valence-electron chi connectivity index (χ3n) is 2.73. The first-order chi connectivity index (χ1) is 10.0. The minimum atomic E-state index is -1.26. The highest BCUT2D eigenvalue weighted by Gasteiger charge is 2.17. The second-order valence-electron chi connectivity index (χ2n) is 4.07. The van der Waals surface area contributed by atoms with E-state index in [0.717, 1.165) is 6.07 Å². The van der Waals surface area contributed by atoms with E-state index < -0.39 is 11.9 Å². The van der Waals surface area contributed by atoms with Crippen LogP contribution in [0.4, 0.5) is 5.69 Å². The summed E-state index contributed by atoms with van der Waals surface area (Å²) in [5.41, 5.74) is 0.0810. The molecule has 0 saturated heterocycles. The minimum Gasteiger partial charge on any atom is -0.508 e. The zero-order chi connectivity index (χ0) is 15.4. The number of ether oxygens (including phenoxy) is 1. The minimum absolute atomic E-state index is 0.0733. The normalized spacial score (nSPS) is 9.95. The topological polar surface area (TPSA) is 109 Å². The molecule has 0 unspecified atom stereocenters. The van der Waals surface area contributed by atoms with Crippen molar-refractivity contribution in [2.75, 3.05) is 12.4 Å². The Balaban J connectivity index is 2.34. The van der Waals surface area contributed by atoms with E-state index in [9.17, 15) is 14.7 Å². The predicted octanol–water partition coefficient (Wildman–Crippen LogP) is 1.75. The molecule has 108 valence electrons. The van der Waals surface area contributed by atoms with Gasteiger partial charge < -0.3 is 20.3 Å². The van der Waals surface area contributed by atoms with Crippen LogP contribution in [0.25, 0.3) is 0 Å². The Labute approximate surface area is 119 Å². The Morgan fingerprint density at radius 2 is 2.00 bits per heavy atom. The zero-order valence-electron chi connectivity index (χ0n) is 11.0. The third kappa shape index (κ3) is 3.08. The highest BCUT2D eigenvalue weighted by Crippen LogP contribution is 2.23. The molecule has 3 N–H and O–H groups in total. The summed E-state index contributed by atoms with van der Waals surface area (Å²) in [6.07, 6.45) is 2.80. The Kier molecular flexibility index (Phi) is 4.03. The average Bonchev–Trinajstić information content (AvgIpc) is 2.48. The number of nitrogens with one attached hydrogen (secondary N) is 1. The van der Waals surface area contributed by atoms with Crippen LogP contribution >= 0.6 is 0 Å². The number of nitrogens with zero attached hydrogens (tertiary/aromatic N) is 1. The predicted molar refractivity (Wildman–Crippen MR) is 73.8 cm³/mol. The third-order valence-corrected chi connectivity index (χ3v) is 2.73. The molecule has 0 atom stereocenters. The van der Waals surface area contributed by atoms with Gasteiger partial charge in [-0.15, -0.1) is 0 Å².